The summed E-state index contributed by atoms with van der Waals surface area (Å²) in [5, 5.41) is 21.1. The third-order valence-corrected chi connectivity index (χ3v) is 8.38. The van der Waals surface area contributed by atoms with Crippen LogP contribution >= 0.6 is 0 Å². The highest BCUT2D eigenvalue weighted by molar-refractivity contribution is 5.93. The van der Waals surface area contributed by atoms with Crippen LogP contribution in [-0.2, 0) is 17.6 Å². The Hall–Kier alpha value is -5.64. The van der Waals surface area contributed by atoms with E-state index in [1.807, 2.05) is 24.3 Å². The molecule has 4 aromatic carbocycles. The van der Waals surface area contributed by atoms with E-state index < -0.39 is 17.3 Å². The molecule has 0 bridgehead atoms. The molecule has 2 aliphatic heterocycles. The Labute approximate surface area is 263 Å². The van der Waals surface area contributed by atoms with Crippen LogP contribution in [0.4, 0.5) is 0 Å². The van der Waals surface area contributed by atoms with Crippen molar-refractivity contribution in [2.24, 2.45) is 0 Å². The smallest absolute Gasteiger partial charge is 0.312 e. The van der Waals surface area contributed by atoms with E-state index in [2.05, 4.69) is 6.07 Å². The minimum atomic E-state index is -0.605. The Morgan fingerprint density at radius 3 is 2.48 bits per heavy atom. The lowest BCUT2D eigenvalue weighted by atomic mass is 9.85. The summed E-state index contributed by atoms with van der Waals surface area (Å²) in [6.45, 7) is 1.08. The molecule has 0 saturated carbocycles. The zero-order valence-electron chi connectivity index (χ0n) is 25.1. The predicted octanol–water partition coefficient (Wildman–Crippen LogP) is 5.89. The van der Waals surface area contributed by atoms with Crippen LogP contribution in [0.5, 0.6) is 40.2 Å². The zero-order valence-corrected chi connectivity index (χ0v) is 25.1. The van der Waals surface area contributed by atoms with Crippen molar-refractivity contribution < 1.29 is 43.1 Å². The molecule has 0 amide bonds. The van der Waals surface area contributed by atoms with E-state index in [-0.39, 0.29) is 46.1 Å². The van der Waals surface area contributed by atoms with Gasteiger partial charge in [0, 0.05) is 42.0 Å². The second kappa shape index (κ2) is 11.7. The molecule has 0 aliphatic carbocycles. The quantitative estimate of drug-likeness (QED) is 0.159. The van der Waals surface area contributed by atoms with Gasteiger partial charge >= 0.3 is 5.97 Å². The molecule has 5 aromatic rings. The van der Waals surface area contributed by atoms with Crippen molar-refractivity contribution in [3.05, 3.63) is 99.2 Å². The SMILES string of the molecule is COc1ccc(-c2cc(=O)c3c(O)cc4c(c3o2)[C@H](c2ccc(OC)c(OCCc3ccc5c(c3)CCO5)c2)CC(=O)O4)cc1O. The summed E-state index contributed by atoms with van der Waals surface area (Å²) in [6.07, 6.45) is 1.51. The largest absolute Gasteiger partial charge is 0.507 e. The van der Waals surface area contributed by atoms with Crippen LogP contribution in [0.2, 0.25) is 0 Å². The Morgan fingerprint density at radius 1 is 0.848 bits per heavy atom. The molecule has 1 atom stereocenters. The summed E-state index contributed by atoms with van der Waals surface area (Å²) >= 11 is 0. The van der Waals surface area contributed by atoms with Gasteiger partial charge in [0.2, 0.25) is 0 Å². The number of benzene rings is 4. The minimum absolute atomic E-state index is 0.0482. The molecule has 10 nitrogen and oxygen atoms in total. The Balaban J connectivity index is 1.27. The molecule has 0 radical (unpaired) electrons. The molecular formula is C36H30O10. The van der Waals surface area contributed by atoms with E-state index in [9.17, 15) is 19.8 Å². The Morgan fingerprint density at radius 2 is 1.67 bits per heavy atom. The lowest BCUT2D eigenvalue weighted by molar-refractivity contribution is -0.135. The standard InChI is InChI=1S/C36H30O10/c1-41-28-7-5-21(14-24(28)37)30-17-25(38)35-26(39)18-32-34(36(35)46-30)23(16-33(40)45-32)20-4-8-29(42-2)31(15-20)44-11-9-19-3-6-27-22(13-19)10-12-43-27/h3-8,13-15,17-18,23,37,39H,9-12,16H2,1-2H3/t23-/m0/s1. The van der Waals surface area contributed by atoms with E-state index in [1.54, 1.807) is 25.3 Å². The number of methoxy groups -OCH3 is 2. The normalized spacial score (nSPS) is 15.1. The number of aromatic hydroxyl groups is 2. The minimum Gasteiger partial charge on any atom is -0.507 e. The van der Waals surface area contributed by atoms with Crippen molar-refractivity contribution >= 4 is 16.9 Å². The first-order valence-corrected chi connectivity index (χ1v) is 14.8. The van der Waals surface area contributed by atoms with Gasteiger partial charge in [-0.25, -0.2) is 0 Å². The molecule has 10 heteroatoms. The van der Waals surface area contributed by atoms with E-state index in [0.29, 0.717) is 47.8 Å². The third kappa shape index (κ3) is 5.21. The topological polar surface area (TPSA) is 134 Å². The van der Waals surface area contributed by atoms with Gasteiger partial charge in [0.1, 0.15) is 34.0 Å². The molecular weight excluding hydrogens is 592 g/mol. The molecule has 7 rings (SSSR count). The number of rotatable bonds is 8. The van der Waals surface area contributed by atoms with Gasteiger partial charge in [0.25, 0.3) is 0 Å². The van der Waals surface area contributed by atoms with Crippen LogP contribution in [-0.4, -0.2) is 43.6 Å². The monoisotopic (exact) mass is 622 g/mol. The summed E-state index contributed by atoms with van der Waals surface area (Å²) in [5.41, 5.74) is 3.44. The molecule has 0 fully saturated rings. The maximum atomic E-state index is 13.4. The maximum Gasteiger partial charge on any atom is 0.312 e. The van der Waals surface area contributed by atoms with Gasteiger partial charge < -0.3 is 38.3 Å². The first kappa shape index (κ1) is 29.1. The van der Waals surface area contributed by atoms with Crippen molar-refractivity contribution in [1.29, 1.82) is 0 Å². The van der Waals surface area contributed by atoms with Gasteiger partial charge in [-0.15, -0.1) is 0 Å². The third-order valence-electron chi connectivity index (χ3n) is 8.38. The summed E-state index contributed by atoms with van der Waals surface area (Å²) in [6, 6.07) is 18.7. The van der Waals surface area contributed by atoms with E-state index in [1.165, 1.54) is 30.9 Å². The molecule has 1 aromatic heterocycles. The van der Waals surface area contributed by atoms with Gasteiger partial charge in [-0.3, -0.25) is 9.59 Å². The highest BCUT2D eigenvalue weighted by Gasteiger charge is 2.34. The van der Waals surface area contributed by atoms with Gasteiger partial charge in [-0.2, -0.15) is 0 Å². The van der Waals surface area contributed by atoms with Gasteiger partial charge in [0.15, 0.2) is 28.4 Å². The number of ether oxygens (including phenoxy) is 5. The van der Waals surface area contributed by atoms with Crippen molar-refractivity contribution in [3.63, 3.8) is 0 Å². The summed E-state index contributed by atoms with van der Waals surface area (Å²) in [7, 11) is 2.99. The van der Waals surface area contributed by atoms with Crippen molar-refractivity contribution in [2.75, 3.05) is 27.4 Å². The number of hydrogen-bond donors (Lipinski definition) is 2. The second-order valence-corrected chi connectivity index (χ2v) is 11.2. The molecule has 46 heavy (non-hydrogen) atoms. The number of fused-ring (bicyclic) bond motifs is 4. The lowest BCUT2D eigenvalue weighted by Gasteiger charge is -2.26. The van der Waals surface area contributed by atoms with Crippen molar-refractivity contribution in [1.82, 2.24) is 0 Å². The van der Waals surface area contributed by atoms with Crippen LogP contribution in [0.3, 0.4) is 0 Å². The first-order chi connectivity index (χ1) is 22.3. The van der Waals surface area contributed by atoms with E-state index in [0.717, 1.165) is 17.7 Å². The van der Waals surface area contributed by atoms with Gasteiger partial charge in [0.05, 0.1) is 33.9 Å². The zero-order chi connectivity index (χ0) is 31.9. The Bertz CT molecular complexity index is 2060. The van der Waals surface area contributed by atoms with Gasteiger partial charge in [-0.1, -0.05) is 18.2 Å². The number of carbonyl (C=O) groups excluding carboxylic acids is 1. The highest BCUT2D eigenvalue weighted by atomic mass is 16.5. The maximum absolute atomic E-state index is 13.4. The summed E-state index contributed by atoms with van der Waals surface area (Å²) in [4.78, 5) is 26.2. The molecule has 234 valence electrons. The average Bonchev–Trinajstić information content (AvgIpc) is 3.52. The molecule has 3 heterocycles. The summed E-state index contributed by atoms with van der Waals surface area (Å²) < 4.78 is 34.4. The van der Waals surface area contributed by atoms with Gasteiger partial charge in [-0.05, 0) is 53.1 Å². The second-order valence-electron chi connectivity index (χ2n) is 11.2. The molecule has 0 unspecified atom stereocenters. The predicted molar refractivity (Wildman–Crippen MR) is 168 cm³/mol. The lowest BCUT2D eigenvalue weighted by Crippen LogP contribution is -2.22. The van der Waals surface area contributed by atoms with Crippen LogP contribution in [0.25, 0.3) is 22.3 Å². The fourth-order valence-corrected chi connectivity index (χ4v) is 6.13. The van der Waals surface area contributed by atoms with Crippen LogP contribution in [0, 0.1) is 0 Å². The molecule has 2 aliphatic rings. The fraction of sp³-hybridized carbons (Fsp3) is 0.222. The molecule has 0 spiro atoms. The van der Waals surface area contributed by atoms with Crippen LogP contribution in [0.1, 0.15) is 34.6 Å². The summed E-state index contributed by atoms with van der Waals surface area (Å²) in [5.74, 6) is 0.807. The number of esters is 1. The van der Waals surface area contributed by atoms with Crippen LogP contribution < -0.4 is 29.1 Å². The number of hydrogen-bond acceptors (Lipinski definition) is 10. The first-order valence-electron chi connectivity index (χ1n) is 14.8. The number of phenolic OH excluding ortho intramolecular Hbond substituents is 2. The van der Waals surface area contributed by atoms with Crippen molar-refractivity contribution in [2.45, 2.75) is 25.2 Å². The number of phenols is 2. The molecule has 2 N–H and O–H groups in total. The average molecular weight is 623 g/mol. The van der Waals surface area contributed by atoms with Crippen LogP contribution in [0.15, 0.2) is 75.9 Å². The van der Waals surface area contributed by atoms with E-state index >= 15 is 0 Å². The Kier molecular flexibility index (Phi) is 7.40. The fourth-order valence-electron chi connectivity index (χ4n) is 6.13. The van der Waals surface area contributed by atoms with E-state index in [4.69, 9.17) is 28.1 Å². The molecule has 0 saturated heterocycles. The number of carbonyl (C=O) groups is 1. The van der Waals surface area contributed by atoms with Crippen molar-refractivity contribution in [3.8, 4) is 51.6 Å². The highest BCUT2D eigenvalue weighted by Crippen LogP contribution is 2.47.